The molecule has 0 fully saturated rings. The third-order valence-corrected chi connectivity index (χ3v) is 4.76. The van der Waals surface area contributed by atoms with Crippen LogP contribution in [0.3, 0.4) is 0 Å². The molecule has 2 amide bonds. The molecule has 0 radical (unpaired) electrons. The fourth-order valence-electron chi connectivity index (χ4n) is 2.97. The first-order valence-electron chi connectivity index (χ1n) is 10.3. The van der Waals surface area contributed by atoms with E-state index in [4.69, 9.17) is 4.74 Å². The molecule has 33 heavy (non-hydrogen) atoms. The Morgan fingerprint density at radius 2 is 1.58 bits per heavy atom. The van der Waals surface area contributed by atoms with Gasteiger partial charge in [-0.2, -0.15) is 5.10 Å². The molecule has 0 unspecified atom stereocenters. The lowest BCUT2D eigenvalue weighted by atomic mass is 10.1. The third kappa shape index (κ3) is 6.54. The van der Waals surface area contributed by atoms with Gasteiger partial charge in [-0.3, -0.25) is 9.59 Å². The summed E-state index contributed by atoms with van der Waals surface area (Å²) in [5, 5.41) is 6.72. The second-order valence-electron chi connectivity index (χ2n) is 7.31. The van der Waals surface area contributed by atoms with Gasteiger partial charge in [-0.1, -0.05) is 42.5 Å². The largest absolute Gasteiger partial charge is 0.496 e. The molecule has 0 saturated heterocycles. The van der Waals surface area contributed by atoms with Gasteiger partial charge in [0, 0.05) is 30.9 Å². The van der Waals surface area contributed by atoms with Crippen LogP contribution in [-0.2, 0) is 4.79 Å². The molecule has 3 rings (SSSR count). The highest BCUT2D eigenvalue weighted by atomic mass is 16.5. The number of amides is 2. The van der Waals surface area contributed by atoms with E-state index >= 15 is 0 Å². The topological polar surface area (TPSA) is 83.0 Å². The Morgan fingerprint density at radius 1 is 0.909 bits per heavy atom. The molecule has 3 aromatic carbocycles. The highest BCUT2D eigenvalue weighted by molar-refractivity contribution is 6.05. The summed E-state index contributed by atoms with van der Waals surface area (Å²) in [6.45, 7) is 0. The van der Waals surface area contributed by atoms with Gasteiger partial charge in [0.2, 0.25) is 0 Å². The number of ether oxygens (including phenoxy) is 1. The highest BCUT2D eigenvalue weighted by Gasteiger charge is 2.14. The Labute approximate surface area is 193 Å². The van der Waals surface area contributed by atoms with Gasteiger partial charge >= 0.3 is 0 Å². The van der Waals surface area contributed by atoms with Gasteiger partial charge in [-0.05, 0) is 48.0 Å². The Bertz CT molecular complexity index is 1150. The summed E-state index contributed by atoms with van der Waals surface area (Å²) in [5.41, 5.74) is 5.47. The number of carbonyl (C=O) groups excluding carboxylic acids is 2. The number of methoxy groups -OCH3 is 1. The molecule has 0 heterocycles. The number of anilines is 1. The standard InChI is InChI=1S/C26H26N4O3/c1-30(2)22-15-13-19(14-16-22)17-23(28-25(31)20-9-5-4-6-10-20)26(32)29-27-18-21-11-7-8-12-24(21)33-3/h4-18H,1-3H3,(H,28,31)(H,29,32). The van der Waals surface area contributed by atoms with E-state index in [-0.39, 0.29) is 5.70 Å². The normalized spacial score (nSPS) is 11.2. The number of hydrogen-bond donors (Lipinski definition) is 2. The Morgan fingerprint density at radius 3 is 2.24 bits per heavy atom. The number of para-hydroxylation sites is 1. The molecule has 7 nitrogen and oxygen atoms in total. The molecular formula is C26H26N4O3. The van der Waals surface area contributed by atoms with E-state index in [0.29, 0.717) is 16.9 Å². The molecule has 0 bridgehead atoms. The van der Waals surface area contributed by atoms with Crippen molar-refractivity contribution in [3.63, 3.8) is 0 Å². The van der Waals surface area contributed by atoms with Gasteiger partial charge < -0.3 is 15.0 Å². The third-order valence-electron chi connectivity index (χ3n) is 4.76. The Hall–Kier alpha value is -4.39. The summed E-state index contributed by atoms with van der Waals surface area (Å²) >= 11 is 0. The van der Waals surface area contributed by atoms with Crippen molar-refractivity contribution in [2.24, 2.45) is 5.10 Å². The van der Waals surface area contributed by atoms with Crippen LogP contribution in [0, 0.1) is 0 Å². The minimum Gasteiger partial charge on any atom is -0.496 e. The van der Waals surface area contributed by atoms with Gasteiger partial charge in [0.15, 0.2) is 0 Å². The van der Waals surface area contributed by atoms with Gasteiger partial charge in [0.1, 0.15) is 11.4 Å². The van der Waals surface area contributed by atoms with Crippen LogP contribution in [0.15, 0.2) is 89.7 Å². The molecule has 0 aliphatic carbocycles. The van der Waals surface area contributed by atoms with E-state index in [1.807, 2.05) is 67.5 Å². The van der Waals surface area contributed by atoms with E-state index in [1.54, 1.807) is 43.5 Å². The molecule has 2 N–H and O–H groups in total. The zero-order valence-electron chi connectivity index (χ0n) is 18.8. The molecular weight excluding hydrogens is 416 g/mol. The second kappa shape index (κ2) is 11.3. The fraction of sp³-hybridized carbons (Fsp3) is 0.115. The summed E-state index contributed by atoms with van der Waals surface area (Å²) < 4.78 is 5.28. The van der Waals surface area contributed by atoms with Crippen molar-refractivity contribution >= 4 is 29.8 Å². The predicted octanol–water partition coefficient (Wildman–Crippen LogP) is 3.68. The lowest BCUT2D eigenvalue weighted by molar-refractivity contribution is -0.117. The summed E-state index contributed by atoms with van der Waals surface area (Å²) in [7, 11) is 5.46. The van der Waals surface area contributed by atoms with Gasteiger partial charge in [0.05, 0.1) is 13.3 Å². The van der Waals surface area contributed by atoms with Crippen LogP contribution in [-0.4, -0.2) is 39.2 Å². The monoisotopic (exact) mass is 442 g/mol. The maximum absolute atomic E-state index is 12.9. The van der Waals surface area contributed by atoms with E-state index in [1.165, 1.54) is 6.21 Å². The van der Waals surface area contributed by atoms with Gasteiger partial charge in [-0.15, -0.1) is 0 Å². The molecule has 7 heteroatoms. The number of nitrogens with zero attached hydrogens (tertiary/aromatic N) is 2. The van der Waals surface area contributed by atoms with Crippen molar-refractivity contribution < 1.29 is 14.3 Å². The first-order chi connectivity index (χ1) is 16.0. The zero-order chi connectivity index (χ0) is 23.6. The SMILES string of the molecule is COc1ccccc1C=NNC(=O)C(=Cc1ccc(N(C)C)cc1)NC(=O)c1ccccc1. The first-order valence-corrected chi connectivity index (χ1v) is 10.3. The van der Waals surface area contributed by atoms with E-state index in [9.17, 15) is 9.59 Å². The van der Waals surface area contributed by atoms with Crippen molar-refractivity contribution in [1.29, 1.82) is 0 Å². The fourth-order valence-corrected chi connectivity index (χ4v) is 2.97. The highest BCUT2D eigenvalue weighted by Crippen LogP contribution is 2.16. The van der Waals surface area contributed by atoms with Gasteiger partial charge in [0.25, 0.3) is 11.8 Å². The lowest BCUT2D eigenvalue weighted by Gasteiger charge is -2.12. The molecule has 0 spiro atoms. The molecule has 0 atom stereocenters. The number of nitrogens with one attached hydrogen (secondary N) is 2. The smallest absolute Gasteiger partial charge is 0.287 e. The minimum atomic E-state index is -0.554. The average molecular weight is 443 g/mol. The number of rotatable bonds is 8. The maximum Gasteiger partial charge on any atom is 0.287 e. The van der Waals surface area contributed by atoms with Crippen molar-refractivity contribution in [2.45, 2.75) is 0 Å². The van der Waals surface area contributed by atoms with Crippen molar-refractivity contribution in [3.05, 3.63) is 101 Å². The number of carbonyl (C=O) groups is 2. The van der Waals surface area contributed by atoms with Crippen molar-refractivity contribution in [2.75, 3.05) is 26.1 Å². The number of hydrogen-bond acceptors (Lipinski definition) is 5. The van der Waals surface area contributed by atoms with Crippen LogP contribution in [0.1, 0.15) is 21.5 Å². The maximum atomic E-state index is 12.9. The second-order valence-corrected chi connectivity index (χ2v) is 7.31. The molecule has 3 aromatic rings. The molecule has 0 saturated carbocycles. The Kier molecular flexibility index (Phi) is 7.96. The van der Waals surface area contributed by atoms with Crippen LogP contribution in [0.2, 0.25) is 0 Å². The van der Waals surface area contributed by atoms with E-state index < -0.39 is 11.8 Å². The molecule has 0 aliphatic rings. The Balaban J connectivity index is 1.82. The molecule has 0 aromatic heterocycles. The minimum absolute atomic E-state index is 0.0682. The zero-order valence-corrected chi connectivity index (χ0v) is 18.8. The van der Waals surface area contributed by atoms with Gasteiger partial charge in [-0.25, -0.2) is 5.43 Å². The van der Waals surface area contributed by atoms with Crippen LogP contribution in [0.5, 0.6) is 5.75 Å². The van der Waals surface area contributed by atoms with Crippen molar-refractivity contribution in [1.82, 2.24) is 10.7 Å². The van der Waals surface area contributed by atoms with Crippen LogP contribution >= 0.6 is 0 Å². The number of hydrazone groups is 1. The van der Waals surface area contributed by atoms with Crippen LogP contribution < -0.4 is 20.4 Å². The first kappa shape index (κ1) is 23.3. The average Bonchev–Trinajstić information content (AvgIpc) is 2.84. The number of benzene rings is 3. The molecule has 168 valence electrons. The van der Waals surface area contributed by atoms with Crippen LogP contribution in [0.4, 0.5) is 5.69 Å². The summed E-state index contributed by atoms with van der Waals surface area (Å²) in [4.78, 5) is 27.5. The summed E-state index contributed by atoms with van der Waals surface area (Å²) in [6, 6.07) is 23.6. The summed E-state index contributed by atoms with van der Waals surface area (Å²) in [6.07, 6.45) is 3.09. The van der Waals surface area contributed by atoms with Crippen LogP contribution in [0.25, 0.3) is 6.08 Å². The summed E-state index contributed by atoms with van der Waals surface area (Å²) in [5.74, 6) is -0.317. The molecule has 0 aliphatic heterocycles. The van der Waals surface area contributed by atoms with Crippen molar-refractivity contribution in [3.8, 4) is 5.75 Å². The van der Waals surface area contributed by atoms with E-state index in [2.05, 4.69) is 15.8 Å². The lowest BCUT2D eigenvalue weighted by Crippen LogP contribution is -2.32. The quantitative estimate of drug-likeness (QED) is 0.317. The van der Waals surface area contributed by atoms with E-state index in [0.717, 1.165) is 11.3 Å². The predicted molar refractivity (Wildman–Crippen MR) is 131 cm³/mol.